The van der Waals surface area contributed by atoms with E-state index in [1.807, 2.05) is 60.6 Å². The molecule has 2 amide bonds. The lowest BCUT2D eigenvalue weighted by Gasteiger charge is -2.54. The Kier molecular flexibility index (Phi) is 6.02. The summed E-state index contributed by atoms with van der Waals surface area (Å²) in [6, 6.07) is 3.60. The molecule has 160 valence electrons. The molecule has 2 rings (SSSR count). The second-order valence-corrected chi connectivity index (χ2v) is 9.63. The van der Waals surface area contributed by atoms with Gasteiger partial charge in [0.1, 0.15) is 11.1 Å². The van der Waals surface area contributed by atoms with Crippen LogP contribution in [0.5, 0.6) is 0 Å². The summed E-state index contributed by atoms with van der Waals surface area (Å²) in [6.45, 7) is 13.6. The van der Waals surface area contributed by atoms with Crippen molar-refractivity contribution in [3.8, 4) is 0 Å². The number of hydrogen-bond acceptors (Lipinski definition) is 4. The minimum atomic E-state index is -1.01. The monoisotopic (exact) mass is 403 g/mol. The van der Waals surface area contributed by atoms with Gasteiger partial charge >= 0.3 is 12.2 Å². The number of ether oxygens (including phenoxy) is 1. The lowest BCUT2D eigenvalue weighted by molar-refractivity contribution is -0.0255. The molecule has 7 nitrogen and oxygen atoms in total. The first kappa shape index (κ1) is 22.7. The molecule has 2 atom stereocenters. The van der Waals surface area contributed by atoms with Crippen LogP contribution in [-0.2, 0) is 10.3 Å². The molecule has 0 bridgehead atoms. The van der Waals surface area contributed by atoms with Crippen molar-refractivity contribution < 1.29 is 19.4 Å². The Bertz CT molecular complexity index is 790. The number of carbonyl (C=O) groups is 2. The highest BCUT2D eigenvalue weighted by atomic mass is 16.6. The van der Waals surface area contributed by atoms with Crippen LogP contribution in [-0.4, -0.2) is 39.8 Å². The number of anilines is 1. The minimum Gasteiger partial charge on any atom is -0.465 e. The second kappa shape index (κ2) is 7.69. The zero-order valence-electron chi connectivity index (χ0n) is 18.7. The normalized spacial score (nSPS) is 22.3. The van der Waals surface area contributed by atoms with Gasteiger partial charge in [-0.3, -0.25) is 14.8 Å². The lowest BCUT2D eigenvalue weighted by atomic mass is 9.62. The third-order valence-corrected chi connectivity index (χ3v) is 5.38. The van der Waals surface area contributed by atoms with Gasteiger partial charge in [-0.2, -0.15) is 0 Å². The molecule has 0 fully saturated rings. The number of nitrogens with zero attached hydrogens (tertiary/aromatic N) is 3. The molecule has 1 aliphatic heterocycles. The van der Waals surface area contributed by atoms with Crippen molar-refractivity contribution in [1.82, 2.24) is 9.88 Å². The number of aromatic nitrogens is 1. The Morgan fingerprint density at radius 2 is 1.86 bits per heavy atom. The van der Waals surface area contributed by atoms with Gasteiger partial charge in [-0.1, -0.05) is 33.8 Å². The Labute approximate surface area is 173 Å². The molecule has 29 heavy (non-hydrogen) atoms. The molecule has 0 radical (unpaired) electrons. The van der Waals surface area contributed by atoms with Crippen LogP contribution in [0.3, 0.4) is 0 Å². The summed E-state index contributed by atoms with van der Waals surface area (Å²) in [5, 5.41) is 9.92. The smallest absolute Gasteiger partial charge is 0.414 e. The molecule has 0 spiro atoms. The molecule has 1 aromatic rings. The largest absolute Gasteiger partial charge is 0.465 e. The summed E-state index contributed by atoms with van der Waals surface area (Å²) in [5.74, 6) is 0.0190. The fourth-order valence-corrected chi connectivity index (χ4v) is 4.22. The Morgan fingerprint density at radius 1 is 1.24 bits per heavy atom. The molecule has 0 saturated heterocycles. The van der Waals surface area contributed by atoms with E-state index in [1.54, 1.807) is 25.5 Å². The van der Waals surface area contributed by atoms with Crippen LogP contribution in [0.25, 0.3) is 0 Å². The predicted octanol–water partition coefficient (Wildman–Crippen LogP) is 5.23. The summed E-state index contributed by atoms with van der Waals surface area (Å²) in [6.07, 6.45) is 4.38. The first-order valence-corrected chi connectivity index (χ1v) is 9.84. The molecule has 0 saturated carbocycles. The van der Waals surface area contributed by atoms with E-state index in [0.717, 1.165) is 6.42 Å². The van der Waals surface area contributed by atoms with Gasteiger partial charge in [-0.05, 0) is 50.7 Å². The van der Waals surface area contributed by atoms with Gasteiger partial charge in [0.05, 0.1) is 17.6 Å². The number of amides is 2. The van der Waals surface area contributed by atoms with Gasteiger partial charge in [0.25, 0.3) is 0 Å². The van der Waals surface area contributed by atoms with Crippen LogP contribution >= 0.6 is 0 Å². The highest BCUT2D eigenvalue weighted by Gasteiger charge is 2.55. The SMILES string of the molecule is CC1CC=CN(C(=O)O)C1(c1ccc(N(C)C(=O)OC(C)(C)C)cn1)C(C)(C)C. The average molecular weight is 404 g/mol. The van der Waals surface area contributed by atoms with Gasteiger partial charge in [0, 0.05) is 13.2 Å². The van der Waals surface area contributed by atoms with Crippen molar-refractivity contribution in [2.24, 2.45) is 11.3 Å². The molecule has 7 heteroatoms. The van der Waals surface area contributed by atoms with E-state index in [9.17, 15) is 14.7 Å². The highest BCUT2D eigenvalue weighted by molar-refractivity contribution is 5.87. The van der Waals surface area contributed by atoms with E-state index in [2.05, 4.69) is 4.98 Å². The maximum absolute atomic E-state index is 12.3. The summed E-state index contributed by atoms with van der Waals surface area (Å²) in [5.41, 5.74) is -0.614. The Balaban J connectivity index is 2.49. The summed E-state index contributed by atoms with van der Waals surface area (Å²) in [7, 11) is 1.62. The van der Waals surface area contributed by atoms with Crippen LogP contribution < -0.4 is 4.90 Å². The first-order chi connectivity index (χ1) is 13.2. The Morgan fingerprint density at radius 3 is 2.31 bits per heavy atom. The molecule has 0 aliphatic carbocycles. The maximum Gasteiger partial charge on any atom is 0.414 e. The van der Waals surface area contributed by atoms with Crippen LogP contribution in [0.1, 0.15) is 60.6 Å². The summed E-state index contributed by atoms with van der Waals surface area (Å²) >= 11 is 0. The van der Waals surface area contributed by atoms with E-state index in [-0.39, 0.29) is 5.92 Å². The van der Waals surface area contributed by atoms with E-state index in [1.165, 1.54) is 9.80 Å². The van der Waals surface area contributed by atoms with Crippen molar-refractivity contribution in [2.75, 3.05) is 11.9 Å². The summed E-state index contributed by atoms with van der Waals surface area (Å²) < 4.78 is 5.40. The van der Waals surface area contributed by atoms with E-state index < -0.39 is 28.7 Å². The molecule has 2 heterocycles. The van der Waals surface area contributed by atoms with E-state index in [4.69, 9.17) is 4.74 Å². The van der Waals surface area contributed by atoms with Gasteiger partial charge in [0.2, 0.25) is 0 Å². The molecule has 1 aromatic heterocycles. The number of hydrogen-bond donors (Lipinski definition) is 1. The minimum absolute atomic E-state index is 0.0190. The zero-order chi connectivity index (χ0) is 22.2. The number of rotatable bonds is 2. The van der Waals surface area contributed by atoms with Crippen molar-refractivity contribution in [3.05, 3.63) is 36.3 Å². The number of allylic oxidation sites excluding steroid dienone is 1. The number of carbonyl (C=O) groups excluding carboxylic acids is 1. The molecular formula is C22H33N3O4. The van der Waals surface area contributed by atoms with Crippen LogP contribution in [0, 0.1) is 11.3 Å². The van der Waals surface area contributed by atoms with Crippen LogP contribution in [0.4, 0.5) is 15.3 Å². The average Bonchev–Trinajstić information content (AvgIpc) is 2.58. The quantitative estimate of drug-likeness (QED) is 0.731. The van der Waals surface area contributed by atoms with Crippen molar-refractivity contribution in [3.63, 3.8) is 0 Å². The molecule has 2 unspecified atom stereocenters. The maximum atomic E-state index is 12.3. The fourth-order valence-electron chi connectivity index (χ4n) is 4.22. The fraction of sp³-hybridized carbons (Fsp3) is 0.591. The lowest BCUT2D eigenvalue weighted by Crippen LogP contribution is -2.59. The van der Waals surface area contributed by atoms with Crippen molar-refractivity contribution in [2.45, 2.75) is 66.0 Å². The topological polar surface area (TPSA) is 83.0 Å². The molecule has 1 aliphatic rings. The molecular weight excluding hydrogens is 370 g/mol. The number of carboxylic acid groups (broad SMARTS) is 1. The van der Waals surface area contributed by atoms with E-state index in [0.29, 0.717) is 11.4 Å². The highest BCUT2D eigenvalue weighted by Crippen LogP contribution is 2.52. The van der Waals surface area contributed by atoms with Crippen molar-refractivity contribution >= 4 is 17.9 Å². The van der Waals surface area contributed by atoms with E-state index >= 15 is 0 Å². The summed E-state index contributed by atoms with van der Waals surface area (Å²) in [4.78, 5) is 31.9. The Hall–Kier alpha value is -2.57. The zero-order valence-corrected chi connectivity index (χ0v) is 18.7. The molecule has 1 N–H and O–H groups in total. The van der Waals surface area contributed by atoms with Gasteiger partial charge in [-0.15, -0.1) is 0 Å². The van der Waals surface area contributed by atoms with Gasteiger partial charge in [0.15, 0.2) is 0 Å². The predicted molar refractivity (Wildman–Crippen MR) is 113 cm³/mol. The number of pyridine rings is 1. The van der Waals surface area contributed by atoms with Crippen LogP contribution in [0.15, 0.2) is 30.6 Å². The molecule has 0 aromatic carbocycles. The third kappa shape index (κ3) is 4.23. The standard InChI is InChI=1S/C22H33N3O4/c1-15-10-9-13-25(18(26)27)22(15,20(2,3)4)17-12-11-16(14-23-17)24(8)19(28)29-21(5,6)7/h9,11-15H,10H2,1-8H3,(H,26,27). The van der Waals surface area contributed by atoms with Gasteiger partial charge < -0.3 is 9.84 Å². The van der Waals surface area contributed by atoms with Crippen LogP contribution in [0.2, 0.25) is 0 Å². The first-order valence-electron chi connectivity index (χ1n) is 9.84. The second-order valence-electron chi connectivity index (χ2n) is 9.63. The van der Waals surface area contributed by atoms with Gasteiger partial charge in [-0.25, -0.2) is 9.59 Å². The van der Waals surface area contributed by atoms with Crippen molar-refractivity contribution in [1.29, 1.82) is 0 Å². The third-order valence-electron chi connectivity index (χ3n) is 5.38.